The van der Waals surface area contributed by atoms with Crippen LogP contribution in [0, 0.1) is 12.7 Å². The molecular weight excluding hydrogens is 265 g/mol. The zero-order valence-electron chi connectivity index (χ0n) is 11.0. The molecule has 1 aromatic rings. The van der Waals surface area contributed by atoms with Gasteiger partial charge in [0.05, 0.1) is 19.3 Å². The van der Waals surface area contributed by atoms with Crippen LogP contribution >= 0.6 is 0 Å². The Morgan fingerprint density at radius 2 is 2.05 bits per heavy atom. The summed E-state index contributed by atoms with van der Waals surface area (Å²) in [5.41, 5.74) is 0.952. The van der Waals surface area contributed by atoms with Crippen LogP contribution in [0.3, 0.4) is 0 Å². The standard InChI is InChI=1S/C14H16FNO4/c1-7-2-8(4-9(15)3-7)14(18)16-10-5-19-13-11(17)6-20-12(10)13/h2-4,10-13,17H,5-6H2,1H3,(H,16,18)/t10-,11+,12+,13+/m0/s1. The van der Waals surface area contributed by atoms with Crippen LogP contribution in [0.4, 0.5) is 4.39 Å². The molecular formula is C14H16FNO4. The molecule has 2 N–H and O–H groups in total. The summed E-state index contributed by atoms with van der Waals surface area (Å²) < 4.78 is 24.1. The molecule has 3 rings (SSSR count). The number of amides is 1. The van der Waals surface area contributed by atoms with E-state index >= 15 is 0 Å². The zero-order valence-corrected chi connectivity index (χ0v) is 11.0. The van der Waals surface area contributed by atoms with Crippen LogP contribution in [0.15, 0.2) is 18.2 Å². The number of nitrogens with one attached hydrogen (secondary N) is 1. The van der Waals surface area contributed by atoms with Gasteiger partial charge in [-0.05, 0) is 30.7 Å². The Balaban J connectivity index is 1.70. The summed E-state index contributed by atoms with van der Waals surface area (Å²) in [6, 6.07) is 3.85. The van der Waals surface area contributed by atoms with E-state index < -0.39 is 18.0 Å². The molecule has 2 fully saturated rings. The Kier molecular flexibility index (Phi) is 3.45. The van der Waals surface area contributed by atoms with Crippen molar-refractivity contribution in [3.63, 3.8) is 0 Å². The SMILES string of the molecule is Cc1cc(F)cc(C(=O)N[C@H]2CO[C@H]3[C@@H]2OC[C@H]3O)c1. The molecule has 6 heteroatoms. The lowest BCUT2D eigenvalue weighted by Gasteiger charge is -2.17. The second-order valence-corrected chi connectivity index (χ2v) is 5.26. The third-order valence-corrected chi connectivity index (χ3v) is 3.65. The van der Waals surface area contributed by atoms with Crippen molar-refractivity contribution in [3.05, 3.63) is 35.1 Å². The predicted octanol–water partition coefficient (Wildman–Crippen LogP) is 0.391. The van der Waals surface area contributed by atoms with Crippen molar-refractivity contribution >= 4 is 5.91 Å². The minimum absolute atomic E-state index is 0.209. The smallest absolute Gasteiger partial charge is 0.251 e. The number of halogens is 1. The molecule has 0 aromatic heterocycles. The van der Waals surface area contributed by atoms with Crippen molar-refractivity contribution in [2.45, 2.75) is 31.3 Å². The summed E-state index contributed by atoms with van der Waals surface area (Å²) in [6.45, 7) is 2.22. The molecule has 2 aliphatic heterocycles. The molecule has 0 spiro atoms. The Morgan fingerprint density at radius 3 is 2.80 bits per heavy atom. The van der Waals surface area contributed by atoms with Gasteiger partial charge in [0, 0.05) is 5.56 Å². The number of aryl methyl sites for hydroxylation is 1. The van der Waals surface area contributed by atoms with Crippen molar-refractivity contribution in [1.29, 1.82) is 0 Å². The van der Waals surface area contributed by atoms with Gasteiger partial charge in [-0.3, -0.25) is 4.79 Å². The van der Waals surface area contributed by atoms with Crippen molar-refractivity contribution in [3.8, 4) is 0 Å². The molecule has 5 nitrogen and oxygen atoms in total. The van der Waals surface area contributed by atoms with Gasteiger partial charge in [-0.1, -0.05) is 0 Å². The van der Waals surface area contributed by atoms with Crippen LogP contribution in [-0.2, 0) is 9.47 Å². The van der Waals surface area contributed by atoms with Gasteiger partial charge in [-0.25, -0.2) is 4.39 Å². The molecule has 4 atom stereocenters. The van der Waals surface area contributed by atoms with Crippen LogP contribution in [-0.4, -0.2) is 48.6 Å². The van der Waals surface area contributed by atoms with Crippen LogP contribution in [0.5, 0.6) is 0 Å². The fourth-order valence-electron chi connectivity index (χ4n) is 2.72. The number of carbonyl (C=O) groups is 1. The molecule has 1 aromatic carbocycles. The molecule has 1 amide bonds. The fraction of sp³-hybridized carbons (Fsp3) is 0.500. The second-order valence-electron chi connectivity index (χ2n) is 5.26. The predicted molar refractivity (Wildman–Crippen MR) is 67.9 cm³/mol. The van der Waals surface area contributed by atoms with E-state index in [1.165, 1.54) is 12.1 Å². The minimum atomic E-state index is -0.654. The van der Waals surface area contributed by atoms with Gasteiger partial charge in [0.1, 0.15) is 24.1 Å². The minimum Gasteiger partial charge on any atom is -0.388 e. The van der Waals surface area contributed by atoms with Crippen molar-refractivity contribution in [1.82, 2.24) is 5.32 Å². The van der Waals surface area contributed by atoms with E-state index in [9.17, 15) is 14.3 Å². The largest absolute Gasteiger partial charge is 0.388 e. The first-order valence-electron chi connectivity index (χ1n) is 6.54. The summed E-state index contributed by atoms with van der Waals surface area (Å²) in [4.78, 5) is 12.1. The normalized spacial score (nSPS) is 32.1. The van der Waals surface area contributed by atoms with Gasteiger partial charge in [-0.15, -0.1) is 0 Å². The molecule has 2 heterocycles. The maximum absolute atomic E-state index is 13.3. The summed E-state index contributed by atoms with van der Waals surface area (Å²) in [5.74, 6) is -0.810. The third-order valence-electron chi connectivity index (χ3n) is 3.65. The third kappa shape index (κ3) is 2.42. The summed E-state index contributed by atoms with van der Waals surface area (Å²) in [6.07, 6.45) is -1.39. The van der Waals surface area contributed by atoms with Crippen molar-refractivity contribution < 1.29 is 23.8 Å². The number of ether oxygens (including phenoxy) is 2. The molecule has 2 aliphatic rings. The highest BCUT2D eigenvalue weighted by atomic mass is 19.1. The number of aliphatic hydroxyl groups is 1. The zero-order chi connectivity index (χ0) is 14.3. The Bertz CT molecular complexity index is 516. The second kappa shape index (κ2) is 5.12. The first-order chi connectivity index (χ1) is 9.54. The van der Waals surface area contributed by atoms with Gasteiger partial charge in [-0.2, -0.15) is 0 Å². The number of hydrogen-bond acceptors (Lipinski definition) is 4. The van der Waals surface area contributed by atoms with Gasteiger partial charge < -0.3 is 19.9 Å². The number of hydrogen-bond donors (Lipinski definition) is 2. The Morgan fingerprint density at radius 1 is 1.30 bits per heavy atom. The van der Waals surface area contributed by atoms with Gasteiger partial charge in [0.2, 0.25) is 0 Å². The van der Waals surface area contributed by atoms with Crippen LogP contribution < -0.4 is 5.32 Å². The van der Waals surface area contributed by atoms with Crippen molar-refractivity contribution in [2.24, 2.45) is 0 Å². The number of rotatable bonds is 2. The molecule has 108 valence electrons. The number of fused-ring (bicyclic) bond motifs is 1. The van der Waals surface area contributed by atoms with Crippen molar-refractivity contribution in [2.75, 3.05) is 13.2 Å². The van der Waals surface area contributed by atoms with E-state index in [4.69, 9.17) is 9.47 Å². The highest BCUT2D eigenvalue weighted by Gasteiger charge is 2.47. The maximum atomic E-state index is 13.3. The number of carbonyl (C=O) groups excluding carboxylic acids is 1. The van der Waals surface area contributed by atoms with E-state index in [1.807, 2.05) is 0 Å². The van der Waals surface area contributed by atoms with Crippen LogP contribution in [0.1, 0.15) is 15.9 Å². The average molecular weight is 281 g/mol. The highest BCUT2D eigenvalue weighted by Crippen LogP contribution is 2.27. The molecule has 0 radical (unpaired) electrons. The van der Waals surface area contributed by atoms with Gasteiger partial charge in [0.15, 0.2) is 0 Å². The molecule has 20 heavy (non-hydrogen) atoms. The molecule has 0 aliphatic carbocycles. The maximum Gasteiger partial charge on any atom is 0.251 e. The lowest BCUT2D eigenvalue weighted by molar-refractivity contribution is 0.0178. The van der Waals surface area contributed by atoms with E-state index in [2.05, 4.69) is 5.32 Å². The van der Waals surface area contributed by atoms with E-state index in [0.717, 1.165) is 0 Å². The summed E-state index contributed by atoms with van der Waals surface area (Å²) >= 11 is 0. The molecule has 0 unspecified atom stereocenters. The summed E-state index contributed by atoms with van der Waals surface area (Å²) in [5, 5.41) is 12.4. The topological polar surface area (TPSA) is 67.8 Å². The van der Waals surface area contributed by atoms with Crippen LogP contribution in [0.25, 0.3) is 0 Å². The van der Waals surface area contributed by atoms with E-state index in [1.54, 1.807) is 13.0 Å². The Hall–Kier alpha value is -1.50. The first-order valence-corrected chi connectivity index (χ1v) is 6.54. The molecule has 2 saturated heterocycles. The lowest BCUT2D eigenvalue weighted by atomic mass is 10.1. The van der Waals surface area contributed by atoms with Gasteiger partial charge in [0.25, 0.3) is 5.91 Å². The quantitative estimate of drug-likeness (QED) is 0.823. The van der Waals surface area contributed by atoms with E-state index in [0.29, 0.717) is 5.56 Å². The monoisotopic (exact) mass is 281 g/mol. The van der Waals surface area contributed by atoms with Crippen LogP contribution in [0.2, 0.25) is 0 Å². The fourth-order valence-corrected chi connectivity index (χ4v) is 2.72. The summed E-state index contributed by atoms with van der Waals surface area (Å²) in [7, 11) is 0. The number of benzene rings is 1. The molecule has 0 saturated carbocycles. The average Bonchev–Trinajstić information content (AvgIpc) is 2.93. The highest BCUT2D eigenvalue weighted by molar-refractivity contribution is 5.94. The van der Waals surface area contributed by atoms with E-state index in [-0.39, 0.29) is 36.8 Å². The Labute approximate surface area is 115 Å². The molecule has 0 bridgehead atoms. The number of aliphatic hydroxyl groups excluding tert-OH is 1. The lowest BCUT2D eigenvalue weighted by Crippen LogP contribution is -2.44. The first kappa shape index (κ1) is 13.5. The van der Waals surface area contributed by atoms with Gasteiger partial charge >= 0.3 is 0 Å².